The Balaban J connectivity index is 1.87. The Morgan fingerprint density at radius 1 is 0.871 bits per heavy atom. The molecule has 1 aromatic heterocycles. The lowest BCUT2D eigenvalue weighted by atomic mass is 9.95. The minimum atomic E-state index is -0.605. The Hall–Kier alpha value is -2.98. The molecule has 2 N–H and O–H groups in total. The molecule has 1 aliphatic carbocycles. The van der Waals surface area contributed by atoms with Crippen molar-refractivity contribution in [1.29, 1.82) is 0 Å². The second-order valence-electron chi connectivity index (χ2n) is 6.77. The molecule has 2 aromatic rings. The first kappa shape index (κ1) is 22.7. The molecule has 8 nitrogen and oxygen atoms in total. The average Bonchev–Trinajstić information content (AvgIpc) is 3.14. The third-order valence-electron chi connectivity index (χ3n) is 4.82. The highest BCUT2D eigenvalue weighted by molar-refractivity contribution is 7.80. The Bertz CT molecular complexity index is 1010. The minimum absolute atomic E-state index is 0.164. The maximum atomic E-state index is 12.4. The molecule has 0 atom stereocenters. The van der Waals surface area contributed by atoms with Crippen molar-refractivity contribution in [2.24, 2.45) is 0 Å². The van der Waals surface area contributed by atoms with Crippen LogP contribution in [0.25, 0.3) is 0 Å². The van der Waals surface area contributed by atoms with Crippen molar-refractivity contribution in [3.8, 4) is 0 Å². The molecule has 0 bridgehead atoms. The Morgan fingerprint density at radius 2 is 1.45 bits per heavy atom. The molecule has 1 heterocycles. The van der Waals surface area contributed by atoms with E-state index in [-0.39, 0.29) is 16.2 Å². The van der Waals surface area contributed by atoms with E-state index in [1.165, 1.54) is 50.9 Å². The van der Waals surface area contributed by atoms with E-state index in [9.17, 15) is 14.4 Å². The molecule has 164 valence electrons. The molecule has 3 rings (SSSR count). The van der Waals surface area contributed by atoms with Crippen LogP contribution in [-0.2, 0) is 27.1 Å². The summed E-state index contributed by atoms with van der Waals surface area (Å²) < 4.78 is 14.5. The van der Waals surface area contributed by atoms with Crippen LogP contribution in [0.1, 0.15) is 54.4 Å². The van der Waals surface area contributed by atoms with Crippen LogP contribution in [0.5, 0.6) is 0 Å². The van der Waals surface area contributed by atoms with Crippen molar-refractivity contribution in [3.05, 3.63) is 45.3 Å². The lowest BCUT2D eigenvalue weighted by Gasteiger charge is -2.13. The molecule has 1 aliphatic rings. The van der Waals surface area contributed by atoms with Crippen LogP contribution in [0.15, 0.2) is 18.2 Å². The maximum absolute atomic E-state index is 12.4. The molecule has 0 saturated carbocycles. The van der Waals surface area contributed by atoms with E-state index in [4.69, 9.17) is 26.4 Å². The smallest absolute Gasteiger partial charge is 0.341 e. The van der Waals surface area contributed by atoms with E-state index in [1.807, 2.05) is 0 Å². The first-order chi connectivity index (χ1) is 14.9. The fourth-order valence-electron chi connectivity index (χ4n) is 3.41. The monoisotopic (exact) mass is 462 g/mol. The first-order valence-electron chi connectivity index (χ1n) is 9.50. The zero-order chi connectivity index (χ0) is 22.5. The number of hydrogen-bond acceptors (Lipinski definition) is 8. The van der Waals surface area contributed by atoms with Crippen molar-refractivity contribution < 1.29 is 28.6 Å². The SMILES string of the molecule is COC(=O)c1cc(NC(=S)Nc2sc3c(c2C(=O)OC)CCCC3)cc(C(=O)OC)c1. The van der Waals surface area contributed by atoms with Crippen LogP contribution in [0.3, 0.4) is 0 Å². The van der Waals surface area contributed by atoms with Gasteiger partial charge in [0.2, 0.25) is 0 Å². The van der Waals surface area contributed by atoms with Crippen molar-refractivity contribution in [1.82, 2.24) is 0 Å². The van der Waals surface area contributed by atoms with Crippen molar-refractivity contribution in [2.75, 3.05) is 32.0 Å². The zero-order valence-electron chi connectivity index (χ0n) is 17.3. The van der Waals surface area contributed by atoms with Gasteiger partial charge in [0.05, 0.1) is 38.0 Å². The summed E-state index contributed by atoms with van der Waals surface area (Å²) in [5.74, 6) is -1.62. The van der Waals surface area contributed by atoms with Gasteiger partial charge in [0, 0.05) is 10.6 Å². The number of nitrogens with one attached hydrogen (secondary N) is 2. The largest absolute Gasteiger partial charge is 0.465 e. The quantitative estimate of drug-likeness (QED) is 0.390. The van der Waals surface area contributed by atoms with Gasteiger partial charge < -0.3 is 24.8 Å². The van der Waals surface area contributed by atoms with Gasteiger partial charge in [-0.1, -0.05) is 0 Å². The summed E-state index contributed by atoms with van der Waals surface area (Å²) in [6.45, 7) is 0. The molecule has 0 aliphatic heterocycles. The average molecular weight is 463 g/mol. The number of carbonyl (C=O) groups excluding carboxylic acids is 3. The van der Waals surface area contributed by atoms with Crippen LogP contribution in [0.2, 0.25) is 0 Å². The predicted octanol–water partition coefficient (Wildman–Crippen LogP) is 3.80. The minimum Gasteiger partial charge on any atom is -0.465 e. The summed E-state index contributed by atoms with van der Waals surface area (Å²) in [4.78, 5) is 37.5. The van der Waals surface area contributed by atoms with Gasteiger partial charge in [-0.05, 0) is 61.7 Å². The molecule has 31 heavy (non-hydrogen) atoms. The number of hydrogen-bond donors (Lipinski definition) is 2. The molecule has 0 unspecified atom stereocenters. The van der Waals surface area contributed by atoms with Gasteiger partial charge >= 0.3 is 17.9 Å². The lowest BCUT2D eigenvalue weighted by molar-refractivity contribution is 0.0587. The summed E-state index contributed by atoms with van der Waals surface area (Å²) in [5.41, 5.74) is 2.23. The molecular formula is C21H22N2O6S2. The van der Waals surface area contributed by atoms with Crippen LogP contribution < -0.4 is 10.6 Å². The maximum Gasteiger partial charge on any atom is 0.341 e. The highest BCUT2D eigenvalue weighted by Gasteiger charge is 2.26. The summed E-state index contributed by atoms with van der Waals surface area (Å²) >= 11 is 6.90. The molecular weight excluding hydrogens is 440 g/mol. The second kappa shape index (κ2) is 9.88. The highest BCUT2D eigenvalue weighted by Crippen LogP contribution is 2.38. The number of ether oxygens (including phenoxy) is 3. The Kier molecular flexibility index (Phi) is 7.24. The topological polar surface area (TPSA) is 103 Å². The molecule has 0 spiro atoms. The van der Waals surface area contributed by atoms with E-state index < -0.39 is 17.9 Å². The molecule has 0 saturated heterocycles. The van der Waals surface area contributed by atoms with Crippen LogP contribution in [-0.4, -0.2) is 44.3 Å². The summed E-state index contributed by atoms with van der Waals surface area (Å²) in [5, 5.41) is 6.82. The number of benzene rings is 1. The van der Waals surface area contributed by atoms with Crippen molar-refractivity contribution in [2.45, 2.75) is 25.7 Å². The number of esters is 3. The van der Waals surface area contributed by atoms with E-state index >= 15 is 0 Å². The number of carbonyl (C=O) groups is 3. The fraction of sp³-hybridized carbons (Fsp3) is 0.333. The molecule has 0 amide bonds. The number of thiocarbonyl (C=S) groups is 1. The third kappa shape index (κ3) is 5.02. The van der Waals surface area contributed by atoms with Crippen molar-refractivity contribution in [3.63, 3.8) is 0 Å². The van der Waals surface area contributed by atoms with Gasteiger partial charge in [0.1, 0.15) is 5.00 Å². The van der Waals surface area contributed by atoms with E-state index in [0.717, 1.165) is 36.1 Å². The number of aryl methyl sites for hydroxylation is 1. The number of rotatable bonds is 5. The molecule has 1 aromatic carbocycles. The third-order valence-corrected chi connectivity index (χ3v) is 6.23. The number of methoxy groups -OCH3 is 3. The lowest BCUT2D eigenvalue weighted by Crippen LogP contribution is -2.21. The Labute approximate surface area is 188 Å². The number of fused-ring (bicyclic) bond motifs is 1. The van der Waals surface area contributed by atoms with E-state index in [2.05, 4.69) is 10.6 Å². The van der Waals surface area contributed by atoms with E-state index in [1.54, 1.807) is 0 Å². The Morgan fingerprint density at radius 3 is 2.03 bits per heavy atom. The van der Waals surface area contributed by atoms with Gasteiger partial charge in [-0.3, -0.25) is 0 Å². The molecule has 0 fully saturated rings. The van der Waals surface area contributed by atoms with E-state index in [0.29, 0.717) is 16.3 Å². The summed E-state index contributed by atoms with van der Waals surface area (Å²) in [6.07, 6.45) is 3.83. The van der Waals surface area contributed by atoms with Crippen molar-refractivity contribution >= 4 is 57.3 Å². The molecule has 0 radical (unpaired) electrons. The molecule has 10 heteroatoms. The number of thiophene rings is 1. The van der Waals surface area contributed by atoms with Gasteiger partial charge in [-0.25, -0.2) is 14.4 Å². The zero-order valence-corrected chi connectivity index (χ0v) is 19.0. The predicted molar refractivity (Wildman–Crippen MR) is 121 cm³/mol. The van der Waals surface area contributed by atoms with Gasteiger partial charge in [0.25, 0.3) is 0 Å². The first-order valence-corrected chi connectivity index (χ1v) is 10.7. The van der Waals surface area contributed by atoms with Gasteiger partial charge in [-0.2, -0.15) is 0 Å². The highest BCUT2D eigenvalue weighted by atomic mass is 32.1. The van der Waals surface area contributed by atoms with Crippen LogP contribution in [0.4, 0.5) is 10.7 Å². The van der Waals surface area contributed by atoms with Crippen LogP contribution >= 0.6 is 23.6 Å². The second-order valence-corrected chi connectivity index (χ2v) is 8.28. The van der Waals surface area contributed by atoms with Gasteiger partial charge in [-0.15, -0.1) is 11.3 Å². The number of anilines is 2. The van der Waals surface area contributed by atoms with Crippen LogP contribution in [0, 0.1) is 0 Å². The fourth-order valence-corrected chi connectivity index (χ4v) is 4.97. The summed E-state index contributed by atoms with van der Waals surface area (Å²) in [7, 11) is 3.85. The standard InChI is InChI=1S/C21H22N2O6S2/c1-27-18(24)11-8-12(19(25)28-2)10-13(9-11)22-21(30)23-17-16(20(26)29-3)14-6-4-5-7-15(14)31-17/h8-10H,4-7H2,1-3H3,(H2,22,23,30). The normalized spacial score (nSPS) is 12.4. The van der Waals surface area contributed by atoms with Gasteiger partial charge in [0.15, 0.2) is 5.11 Å². The summed E-state index contributed by atoms with van der Waals surface area (Å²) in [6, 6.07) is 4.39.